The van der Waals surface area contributed by atoms with Gasteiger partial charge < -0.3 is 14.2 Å². The van der Waals surface area contributed by atoms with E-state index in [1.54, 1.807) is 24.3 Å². The average molecular weight is 301 g/mol. The Morgan fingerprint density at radius 1 is 1.18 bits per heavy atom. The molecule has 6 heteroatoms. The molecule has 22 heavy (non-hydrogen) atoms. The van der Waals surface area contributed by atoms with Crippen molar-refractivity contribution in [2.24, 2.45) is 0 Å². The quantitative estimate of drug-likeness (QED) is 0.794. The van der Waals surface area contributed by atoms with Crippen LogP contribution in [0.4, 0.5) is 4.39 Å². The predicted octanol–water partition coefficient (Wildman–Crippen LogP) is 3.04. The average Bonchev–Trinajstić information content (AvgIpc) is 2.55. The van der Waals surface area contributed by atoms with E-state index < -0.39 is 11.8 Å². The first-order chi connectivity index (χ1) is 10.6. The number of nitriles is 1. The van der Waals surface area contributed by atoms with E-state index in [1.807, 2.05) is 6.07 Å². The second-order valence-corrected chi connectivity index (χ2v) is 4.19. The Kier molecular flexibility index (Phi) is 4.94. The van der Waals surface area contributed by atoms with Crippen LogP contribution in [-0.4, -0.2) is 19.7 Å². The minimum absolute atomic E-state index is 0.103. The molecule has 0 saturated carbocycles. The topological polar surface area (TPSA) is 68.6 Å². The maximum Gasteiger partial charge on any atom is 0.343 e. The normalized spacial score (nSPS) is 9.68. The van der Waals surface area contributed by atoms with E-state index in [2.05, 4.69) is 4.74 Å². The van der Waals surface area contributed by atoms with Gasteiger partial charge in [-0.3, -0.25) is 0 Å². The van der Waals surface area contributed by atoms with Crippen LogP contribution in [0.5, 0.6) is 17.2 Å². The molecule has 0 N–H and O–H groups in total. The molecule has 0 fully saturated rings. The molecule has 0 unspecified atom stereocenters. The fourth-order valence-corrected chi connectivity index (χ4v) is 1.61. The zero-order valence-electron chi connectivity index (χ0n) is 11.7. The highest BCUT2D eigenvalue weighted by atomic mass is 19.1. The fourth-order valence-electron chi connectivity index (χ4n) is 1.61. The molecule has 2 aromatic rings. The summed E-state index contributed by atoms with van der Waals surface area (Å²) in [6, 6.07) is 12.0. The van der Waals surface area contributed by atoms with Gasteiger partial charge in [-0.1, -0.05) is 0 Å². The monoisotopic (exact) mass is 301 g/mol. The summed E-state index contributed by atoms with van der Waals surface area (Å²) >= 11 is 0. The van der Waals surface area contributed by atoms with E-state index in [-0.39, 0.29) is 17.9 Å². The van der Waals surface area contributed by atoms with Crippen molar-refractivity contribution in [3.05, 3.63) is 53.8 Å². The summed E-state index contributed by atoms with van der Waals surface area (Å²) in [4.78, 5) is 11.0. The van der Waals surface area contributed by atoms with Crippen LogP contribution in [0.1, 0.15) is 5.56 Å². The summed E-state index contributed by atoms with van der Waals surface area (Å²) in [7, 11) is 1.28. The highest BCUT2D eigenvalue weighted by molar-refractivity contribution is 5.70. The summed E-state index contributed by atoms with van der Waals surface area (Å²) in [6.07, 6.45) is 0. The second kappa shape index (κ2) is 7.09. The Bertz CT molecular complexity index is 707. The zero-order chi connectivity index (χ0) is 15.9. The van der Waals surface area contributed by atoms with Crippen LogP contribution in [0.25, 0.3) is 0 Å². The SMILES string of the molecule is COC(=O)COc1ccc(Oc2ccc(F)cc2C#N)cc1. The molecule has 112 valence electrons. The maximum absolute atomic E-state index is 13.0. The van der Waals surface area contributed by atoms with E-state index in [1.165, 1.54) is 19.2 Å². The molecule has 0 aliphatic carbocycles. The predicted molar refractivity (Wildman–Crippen MR) is 75.1 cm³/mol. The van der Waals surface area contributed by atoms with Crippen molar-refractivity contribution in [2.45, 2.75) is 0 Å². The highest BCUT2D eigenvalue weighted by Gasteiger charge is 2.07. The van der Waals surface area contributed by atoms with Gasteiger partial charge in [0.05, 0.1) is 12.7 Å². The molecule has 5 nitrogen and oxygen atoms in total. The molecule has 0 saturated heterocycles. The van der Waals surface area contributed by atoms with Gasteiger partial charge in [-0.25, -0.2) is 9.18 Å². The first-order valence-corrected chi connectivity index (χ1v) is 6.29. The van der Waals surface area contributed by atoms with Crippen LogP contribution in [0.3, 0.4) is 0 Å². The van der Waals surface area contributed by atoms with E-state index in [4.69, 9.17) is 14.7 Å². The van der Waals surface area contributed by atoms with Gasteiger partial charge >= 0.3 is 5.97 Å². The Balaban J connectivity index is 2.06. The van der Waals surface area contributed by atoms with Gasteiger partial charge in [0.2, 0.25) is 0 Å². The lowest BCUT2D eigenvalue weighted by Crippen LogP contribution is -2.12. The Labute approximate surface area is 126 Å². The number of esters is 1. The third-order valence-electron chi connectivity index (χ3n) is 2.70. The van der Waals surface area contributed by atoms with Crippen LogP contribution in [0.15, 0.2) is 42.5 Å². The van der Waals surface area contributed by atoms with E-state index in [0.717, 1.165) is 6.07 Å². The molecule has 2 rings (SSSR count). The maximum atomic E-state index is 13.0. The first kappa shape index (κ1) is 15.3. The van der Waals surface area contributed by atoms with Crippen LogP contribution < -0.4 is 9.47 Å². The summed E-state index contributed by atoms with van der Waals surface area (Å²) in [5, 5.41) is 8.95. The van der Waals surface area contributed by atoms with Crippen molar-refractivity contribution in [1.82, 2.24) is 0 Å². The summed E-state index contributed by atoms with van der Waals surface area (Å²) in [5.41, 5.74) is 0.103. The lowest BCUT2D eigenvalue weighted by Gasteiger charge is -2.09. The van der Waals surface area contributed by atoms with Crippen molar-refractivity contribution in [3.8, 4) is 23.3 Å². The summed E-state index contributed by atoms with van der Waals surface area (Å²) in [6.45, 7) is -0.187. The number of carbonyl (C=O) groups is 1. The van der Waals surface area contributed by atoms with Gasteiger partial charge in [0.25, 0.3) is 0 Å². The Morgan fingerprint density at radius 2 is 1.86 bits per heavy atom. The van der Waals surface area contributed by atoms with Crippen LogP contribution >= 0.6 is 0 Å². The highest BCUT2D eigenvalue weighted by Crippen LogP contribution is 2.27. The molecule has 0 spiro atoms. The number of halogens is 1. The van der Waals surface area contributed by atoms with Gasteiger partial charge in [0, 0.05) is 0 Å². The number of rotatable bonds is 5. The lowest BCUT2D eigenvalue weighted by atomic mass is 10.2. The molecule has 0 aliphatic rings. The Morgan fingerprint density at radius 3 is 2.50 bits per heavy atom. The van der Waals surface area contributed by atoms with Crippen molar-refractivity contribution in [2.75, 3.05) is 13.7 Å². The van der Waals surface area contributed by atoms with Crippen molar-refractivity contribution in [3.63, 3.8) is 0 Å². The largest absolute Gasteiger partial charge is 0.482 e. The lowest BCUT2D eigenvalue weighted by molar-refractivity contribution is -0.142. The minimum Gasteiger partial charge on any atom is -0.482 e. The molecular formula is C16H12FNO4. The molecule has 0 amide bonds. The van der Waals surface area contributed by atoms with Crippen molar-refractivity contribution < 1.29 is 23.4 Å². The number of benzene rings is 2. The third-order valence-corrected chi connectivity index (χ3v) is 2.70. The van der Waals surface area contributed by atoms with E-state index in [0.29, 0.717) is 11.5 Å². The van der Waals surface area contributed by atoms with Crippen molar-refractivity contribution in [1.29, 1.82) is 5.26 Å². The minimum atomic E-state index is -0.504. The number of ether oxygens (including phenoxy) is 3. The molecule has 0 bridgehead atoms. The second-order valence-electron chi connectivity index (χ2n) is 4.19. The van der Waals surface area contributed by atoms with Gasteiger partial charge in [-0.15, -0.1) is 0 Å². The van der Waals surface area contributed by atoms with Gasteiger partial charge in [0.15, 0.2) is 6.61 Å². The standard InChI is InChI=1S/C16H12FNO4/c1-20-16(19)10-21-13-3-5-14(6-4-13)22-15-7-2-12(17)8-11(15)9-18/h2-8H,10H2,1H3. The molecule has 0 radical (unpaired) electrons. The number of carbonyl (C=O) groups excluding carboxylic acids is 1. The van der Waals surface area contributed by atoms with E-state index in [9.17, 15) is 9.18 Å². The number of hydrogen-bond donors (Lipinski definition) is 0. The van der Waals surface area contributed by atoms with Crippen molar-refractivity contribution >= 4 is 5.97 Å². The Hall–Kier alpha value is -3.07. The molecule has 0 atom stereocenters. The smallest absolute Gasteiger partial charge is 0.343 e. The van der Waals surface area contributed by atoms with E-state index >= 15 is 0 Å². The van der Waals surface area contributed by atoms with Crippen LogP contribution in [0.2, 0.25) is 0 Å². The number of nitrogens with zero attached hydrogens (tertiary/aromatic N) is 1. The van der Waals surface area contributed by atoms with Gasteiger partial charge in [-0.05, 0) is 42.5 Å². The summed E-state index contributed by atoms with van der Waals surface area (Å²) < 4.78 is 28.2. The molecule has 2 aromatic carbocycles. The number of methoxy groups -OCH3 is 1. The molecule has 0 heterocycles. The fraction of sp³-hybridized carbons (Fsp3) is 0.125. The zero-order valence-corrected chi connectivity index (χ0v) is 11.7. The molecule has 0 aromatic heterocycles. The number of hydrogen-bond acceptors (Lipinski definition) is 5. The van der Waals surface area contributed by atoms with Crippen LogP contribution in [0, 0.1) is 17.1 Å². The molecule has 0 aliphatic heterocycles. The summed E-state index contributed by atoms with van der Waals surface area (Å²) in [5.74, 6) is 0.193. The first-order valence-electron chi connectivity index (χ1n) is 6.29. The molecular weight excluding hydrogens is 289 g/mol. The third kappa shape index (κ3) is 3.96. The van der Waals surface area contributed by atoms with Crippen LogP contribution in [-0.2, 0) is 9.53 Å². The van der Waals surface area contributed by atoms with Gasteiger partial charge in [0.1, 0.15) is 29.1 Å². The van der Waals surface area contributed by atoms with Gasteiger partial charge in [-0.2, -0.15) is 5.26 Å².